The second-order valence-electron chi connectivity index (χ2n) is 5.67. The average molecular weight is 196 g/mol. The van der Waals surface area contributed by atoms with Crippen LogP contribution in [0.2, 0.25) is 0 Å². The molecule has 0 nitrogen and oxygen atoms in total. The summed E-state index contributed by atoms with van der Waals surface area (Å²) in [5.41, 5.74) is 0.992. The summed E-state index contributed by atoms with van der Waals surface area (Å²) in [5.74, 6) is 0. The Labute approximate surface area is 90.8 Å². The SMILES string of the molecule is C=CCC(C)(CC)CCC(C)(C)CC. The molecule has 0 aromatic rings. The van der Waals surface area contributed by atoms with Gasteiger partial charge in [0.05, 0.1) is 0 Å². The van der Waals surface area contributed by atoms with Gasteiger partial charge in [-0.05, 0) is 30.1 Å². The fraction of sp³-hybridized carbons (Fsp3) is 0.857. The molecule has 0 aliphatic rings. The van der Waals surface area contributed by atoms with Gasteiger partial charge in [0.2, 0.25) is 0 Å². The van der Waals surface area contributed by atoms with Crippen LogP contribution in [-0.4, -0.2) is 0 Å². The molecule has 0 amide bonds. The highest BCUT2D eigenvalue weighted by Gasteiger charge is 2.24. The normalized spacial score (nSPS) is 16.4. The van der Waals surface area contributed by atoms with Crippen molar-refractivity contribution in [3.63, 3.8) is 0 Å². The zero-order valence-corrected chi connectivity index (χ0v) is 10.8. The zero-order chi connectivity index (χ0) is 11.2. The van der Waals surface area contributed by atoms with E-state index < -0.39 is 0 Å². The quantitative estimate of drug-likeness (QED) is 0.491. The molecule has 0 heterocycles. The van der Waals surface area contributed by atoms with Crippen molar-refractivity contribution in [2.45, 2.75) is 66.7 Å². The molecule has 14 heavy (non-hydrogen) atoms. The van der Waals surface area contributed by atoms with Crippen LogP contribution < -0.4 is 0 Å². The van der Waals surface area contributed by atoms with Gasteiger partial charge in [0, 0.05) is 0 Å². The summed E-state index contributed by atoms with van der Waals surface area (Å²) in [6, 6.07) is 0. The van der Waals surface area contributed by atoms with Gasteiger partial charge in [-0.1, -0.05) is 53.5 Å². The van der Waals surface area contributed by atoms with E-state index in [1.165, 1.54) is 25.7 Å². The maximum Gasteiger partial charge on any atom is -0.0294 e. The van der Waals surface area contributed by atoms with Crippen LogP contribution in [0.15, 0.2) is 12.7 Å². The van der Waals surface area contributed by atoms with Crippen LogP contribution in [0.4, 0.5) is 0 Å². The predicted molar refractivity (Wildman–Crippen MR) is 66.5 cm³/mol. The third-order valence-electron chi connectivity index (χ3n) is 3.85. The Morgan fingerprint density at radius 1 is 1.00 bits per heavy atom. The highest BCUT2D eigenvalue weighted by Crippen LogP contribution is 2.37. The molecule has 84 valence electrons. The first kappa shape index (κ1) is 13.7. The van der Waals surface area contributed by atoms with Gasteiger partial charge in [-0.3, -0.25) is 0 Å². The van der Waals surface area contributed by atoms with E-state index in [2.05, 4.69) is 47.3 Å². The smallest absolute Gasteiger partial charge is 0.0294 e. The molecular weight excluding hydrogens is 168 g/mol. The number of hydrogen-bond acceptors (Lipinski definition) is 0. The monoisotopic (exact) mass is 196 g/mol. The molecule has 0 rings (SSSR count). The first-order valence-corrected chi connectivity index (χ1v) is 6.00. The van der Waals surface area contributed by atoms with Gasteiger partial charge >= 0.3 is 0 Å². The van der Waals surface area contributed by atoms with Crippen LogP contribution in [-0.2, 0) is 0 Å². The standard InChI is InChI=1S/C14H28/c1-7-10-14(6,9-3)12-11-13(4,5)8-2/h7H,1,8-12H2,2-6H3. The Hall–Kier alpha value is -0.260. The largest absolute Gasteiger partial charge is 0.103 e. The lowest BCUT2D eigenvalue weighted by molar-refractivity contribution is 0.212. The molecule has 1 atom stereocenters. The van der Waals surface area contributed by atoms with Crippen molar-refractivity contribution in [1.82, 2.24) is 0 Å². The van der Waals surface area contributed by atoms with E-state index >= 15 is 0 Å². The summed E-state index contributed by atoms with van der Waals surface area (Å²) < 4.78 is 0. The van der Waals surface area contributed by atoms with Crippen LogP contribution in [0.3, 0.4) is 0 Å². The van der Waals surface area contributed by atoms with Crippen LogP contribution >= 0.6 is 0 Å². The Morgan fingerprint density at radius 3 is 1.93 bits per heavy atom. The third kappa shape index (κ3) is 4.83. The van der Waals surface area contributed by atoms with Crippen molar-refractivity contribution in [3.8, 4) is 0 Å². The number of allylic oxidation sites excluding steroid dienone is 1. The molecule has 0 aromatic heterocycles. The molecule has 0 N–H and O–H groups in total. The van der Waals surface area contributed by atoms with Gasteiger partial charge in [0.25, 0.3) is 0 Å². The van der Waals surface area contributed by atoms with Crippen LogP contribution in [0, 0.1) is 10.8 Å². The molecule has 0 spiro atoms. The maximum absolute atomic E-state index is 3.86. The molecule has 0 heteroatoms. The fourth-order valence-electron chi connectivity index (χ4n) is 1.59. The van der Waals surface area contributed by atoms with Gasteiger partial charge in [0.15, 0.2) is 0 Å². The molecule has 0 aliphatic carbocycles. The molecule has 0 aromatic carbocycles. The van der Waals surface area contributed by atoms with Crippen molar-refractivity contribution in [2.24, 2.45) is 10.8 Å². The molecular formula is C14H28. The average Bonchev–Trinajstić information content (AvgIpc) is 2.16. The summed E-state index contributed by atoms with van der Waals surface area (Å²) in [6.45, 7) is 15.6. The minimum Gasteiger partial charge on any atom is -0.103 e. The predicted octanol–water partition coefficient (Wildman–Crippen LogP) is 5.20. The Balaban J connectivity index is 4.13. The summed E-state index contributed by atoms with van der Waals surface area (Å²) >= 11 is 0. The van der Waals surface area contributed by atoms with Crippen LogP contribution in [0.1, 0.15) is 66.7 Å². The lowest BCUT2D eigenvalue weighted by Gasteiger charge is -2.32. The topological polar surface area (TPSA) is 0 Å². The van der Waals surface area contributed by atoms with Gasteiger partial charge in [0.1, 0.15) is 0 Å². The highest BCUT2D eigenvalue weighted by atomic mass is 14.3. The molecule has 0 saturated carbocycles. The molecule has 0 radical (unpaired) electrons. The van der Waals surface area contributed by atoms with Crippen molar-refractivity contribution in [2.75, 3.05) is 0 Å². The van der Waals surface area contributed by atoms with Crippen LogP contribution in [0.5, 0.6) is 0 Å². The zero-order valence-electron chi connectivity index (χ0n) is 10.8. The first-order valence-electron chi connectivity index (χ1n) is 6.00. The Morgan fingerprint density at radius 2 is 1.57 bits per heavy atom. The summed E-state index contributed by atoms with van der Waals surface area (Å²) in [7, 11) is 0. The second-order valence-corrected chi connectivity index (χ2v) is 5.67. The van der Waals surface area contributed by atoms with Crippen molar-refractivity contribution >= 4 is 0 Å². The van der Waals surface area contributed by atoms with Crippen molar-refractivity contribution in [1.29, 1.82) is 0 Å². The molecule has 0 aliphatic heterocycles. The van der Waals surface area contributed by atoms with E-state index in [0.717, 1.165) is 6.42 Å². The second kappa shape index (κ2) is 5.58. The van der Waals surface area contributed by atoms with E-state index in [4.69, 9.17) is 0 Å². The summed E-state index contributed by atoms with van der Waals surface area (Å²) in [4.78, 5) is 0. The maximum atomic E-state index is 3.86. The van der Waals surface area contributed by atoms with Crippen LogP contribution in [0.25, 0.3) is 0 Å². The van der Waals surface area contributed by atoms with Crippen molar-refractivity contribution < 1.29 is 0 Å². The molecule has 1 unspecified atom stereocenters. The molecule has 0 saturated heterocycles. The van der Waals surface area contributed by atoms with E-state index in [9.17, 15) is 0 Å². The first-order chi connectivity index (χ1) is 6.39. The Bertz CT molecular complexity index is 167. The molecule has 0 bridgehead atoms. The Kier molecular flexibility index (Phi) is 5.48. The third-order valence-corrected chi connectivity index (χ3v) is 3.85. The number of hydrogen-bond donors (Lipinski definition) is 0. The van der Waals surface area contributed by atoms with Gasteiger partial charge in [-0.15, -0.1) is 6.58 Å². The summed E-state index contributed by atoms with van der Waals surface area (Å²) in [6.07, 6.45) is 8.43. The molecule has 0 fully saturated rings. The lowest BCUT2D eigenvalue weighted by Crippen LogP contribution is -2.19. The van der Waals surface area contributed by atoms with E-state index in [0.29, 0.717) is 10.8 Å². The minimum atomic E-state index is 0.480. The van der Waals surface area contributed by atoms with Gasteiger partial charge in [-0.2, -0.15) is 0 Å². The van der Waals surface area contributed by atoms with Gasteiger partial charge in [-0.25, -0.2) is 0 Å². The van der Waals surface area contributed by atoms with E-state index in [1.54, 1.807) is 0 Å². The number of rotatable bonds is 7. The van der Waals surface area contributed by atoms with Gasteiger partial charge < -0.3 is 0 Å². The van der Waals surface area contributed by atoms with E-state index in [1.807, 2.05) is 0 Å². The lowest BCUT2D eigenvalue weighted by atomic mass is 9.74. The summed E-state index contributed by atoms with van der Waals surface area (Å²) in [5, 5.41) is 0. The van der Waals surface area contributed by atoms with E-state index in [-0.39, 0.29) is 0 Å². The minimum absolute atomic E-state index is 0.480. The fourth-order valence-corrected chi connectivity index (χ4v) is 1.59. The highest BCUT2D eigenvalue weighted by molar-refractivity contribution is 4.83. The van der Waals surface area contributed by atoms with Crippen molar-refractivity contribution in [3.05, 3.63) is 12.7 Å².